The average molecular weight is 332 g/mol. The summed E-state index contributed by atoms with van der Waals surface area (Å²) in [7, 11) is 0. The number of hydrogen-bond donors (Lipinski definition) is 2. The van der Waals surface area contributed by atoms with Crippen LogP contribution in [0, 0.1) is 11.3 Å². The van der Waals surface area contributed by atoms with Crippen molar-refractivity contribution >= 4 is 11.1 Å². The third-order valence-corrected chi connectivity index (χ3v) is 6.09. The number of hydrogen-bond acceptors (Lipinski definition) is 2. The first-order valence-corrected chi connectivity index (χ1v) is 8.92. The molecule has 2 aliphatic carbocycles. The molecular formula is C23H24O2. The van der Waals surface area contributed by atoms with Crippen LogP contribution < -0.4 is 0 Å². The first-order chi connectivity index (χ1) is 12.1. The molecule has 0 amide bonds. The van der Waals surface area contributed by atoms with Crippen LogP contribution in [0.4, 0.5) is 0 Å². The van der Waals surface area contributed by atoms with Crippen LogP contribution in [0.5, 0.6) is 0 Å². The lowest BCUT2D eigenvalue weighted by Crippen LogP contribution is -2.29. The van der Waals surface area contributed by atoms with Crippen LogP contribution in [-0.4, -0.2) is 22.4 Å². The van der Waals surface area contributed by atoms with Crippen molar-refractivity contribution in [3.63, 3.8) is 0 Å². The van der Waals surface area contributed by atoms with E-state index in [1.54, 1.807) is 0 Å². The fourth-order valence-electron chi connectivity index (χ4n) is 5.06. The van der Waals surface area contributed by atoms with Crippen LogP contribution >= 0.6 is 0 Å². The van der Waals surface area contributed by atoms with Gasteiger partial charge in [-0.1, -0.05) is 72.8 Å². The molecule has 2 aromatic rings. The van der Waals surface area contributed by atoms with Gasteiger partial charge in [0.1, 0.15) is 0 Å². The minimum Gasteiger partial charge on any atom is -0.390 e. The van der Waals surface area contributed by atoms with Crippen LogP contribution in [-0.2, 0) is 0 Å². The Morgan fingerprint density at radius 2 is 1.60 bits per heavy atom. The predicted octanol–water partition coefficient (Wildman–Crippen LogP) is 4.31. The van der Waals surface area contributed by atoms with E-state index in [1.165, 1.54) is 16.7 Å². The molecule has 3 unspecified atom stereocenters. The Morgan fingerprint density at radius 1 is 1.00 bits per heavy atom. The van der Waals surface area contributed by atoms with Gasteiger partial charge in [0.25, 0.3) is 0 Å². The highest BCUT2D eigenvalue weighted by molar-refractivity contribution is 5.90. The number of rotatable bonds is 3. The molecule has 1 fully saturated rings. The van der Waals surface area contributed by atoms with Gasteiger partial charge in [0.15, 0.2) is 0 Å². The van der Waals surface area contributed by atoms with E-state index >= 15 is 0 Å². The molecule has 0 radical (unpaired) electrons. The highest BCUT2D eigenvalue weighted by atomic mass is 16.3. The monoisotopic (exact) mass is 332 g/mol. The van der Waals surface area contributed by atoms with Gasteiger partial charge in [-0.3, -0.25) is 0 Å². The first kappa shape index (κ1) is 16.3. The topological polar surface area (TPSA) is 40.5 Å². The van der Waals surface area contributed by atoms with Gasteiger partial charge in [-0.25, -0.2) is 0 Å². The lowest BCUT2D eigenvalue weighted by molar-refractivity contribution is 0.0199. The van der Waals surface area contributed by atoms with Crippen molar-refractivity contribution < 1.29 is 10.2 Å². The Labute approximate surface area is 149 Å². The number of fused-ring (bicyclic) bond motifs is 1. The summed E-state index contributed by atoms with van der Waals surface area (Å²) in [4.78, 5) is 0. The van der Waals surface area contributed by atoms with Crippen LogP contribution in [0.1, 0.15) is 30.9 Å². The van der Waals surface area contributed by atoms with Crippen molar-refractivity contribution in [2.75, 3.05) is 0 Å². The maximum absolute atomic E-state index is 10.7. The summed E-state index contributed by atoms with van der Waals surface area (Å²) in [5.41, 5.74) is 5.37. The molecule has 2 N–H and O–H groups in total. The fourth-order valence-corrected chi connectivity index (χ4v) is 5.06. The smallest absolute Gasteiger partial charge is 0.0842 e. The van der Waals surface area contributed by atoms with Crippen LogP contribution in [0.2, 0.25) is 0 Å². The molecular weight excluding hydrogens is 308 g/mol. The summed E-state index contributed by atoms with van der Waals surface area (Å²) in [6.45, 7) is 6.62. The van der Waals surface area contributed by atoms with Crippen molar-refractivity contribution in [1.82, 2.24) is 0 Å². The third-order valence-electron chi connectivity index (χ3n) is 6.09. The molecule has 0 heterocycles. The number of aliphatic hydroxyl groups is 2. The molecule has 2 heteroatoms. The second kappa shape index (κ2) is 5.98. The van der Waals surface area contributed by atoms with E-state index in [4.69, 9.17) is 0 Å². The highest BCUT2D eigenvalue weighted by Gasteiger charge is 2.59. The molecule has 2 nitrogen and oxygen atoms in total. The first-order valence-electron chi connectivity index (χ1n) is 8.92. The Kier molecular flexibility index (Phi) is 3.90. The van der Waals surface area contributed by atoms with E-state index in [0.717, 1.165) is 17.6 Å². The Morgan fingerprint density at radius 3 is 2.24 bits per heavy atom. The van der Waals surface area contributed by atoms with Crippen molar-refractivity contribution in [3.8, 4) is 0 Å². The largest absolute Gasteiger partial charge is 0.390 e. The lowest BCUT2D eigenvalue weighted by Gasteiger charge is -2.36. The standard InChI is InChI=1S/C23H24O2/c1-15-13-19-22(25)20(24)14-23(19,16(2)17-9-5-3-6-10-17)21(15)18-11-7-4-8-12-18/h3-12,19-20,22,24-25H,2,13-14H2,1H3/t19?,20?,22?,23-/m0/s1. The molecule has 1 saturated carbocycles. The zero-order chi connectivity index (χ0) is 17.6. The molecule has 2 aliphatic rings. The van der Waals surface area contributed by atoms with Crippen LogP contribution in [0.15, 0.2) is 72.8 Å². The van der Waals surface area contributed by atoms with Gasteiger partial charge < -0.3 is 10.2 Å². The van der Waals surface area contributed by atoms with E-state index in [0.29, 0.717) is 6.42 Å². The van der Waals surface area contributed by atoms with Crippen molar-refractivity contribution in [1.29, 1.82) is 0 Å². The van der Waals surface area contributed by atoms with Gasteiger partial charge >= 0.3 is 0 Å². The van der Waals surface area contributed by atoms with Gasteiger partial charge in [-0.15, -0.1) is 0 Å². The molecule has 4 rings (SSSR count). The van der Waals surface area contributed by atoms with Gasteiger partial charge in [0.05, 0.1) is 12.2 Å². The maximum atomic E-state index is 10.7. The summed E-state index contributed by atoms with van der Waals surface area (Å²) in [5, 5.41) is 21.2. The molecule has 0 bridgehead atoms. The van der Waals surface area contributed by atoms with Crippen LogP contribution in [0.25, 0.3) is 11.1 Å². The molecule has 0 saturated heterocycles. The van der Waals surface area contributed by atoms with Crippen molar-refractivity contribution in [3.05, 3.63) is 83.9 Å². The summed E-state index contributed by atoms with van der Waals surface area (Å²) < 4.78 is 0. The van der Waals surface area contributed by atoms with Gasteiger partial charge in [0, 0.05) is 11.3 Å². The van der Waals surface area contributed by atoms with Crippen LogP contribution in [0.3, 0.4) is 0 Å². The van der Waals surface area contributed by atoms with E-state index in [2.05, 4.69) is 37.8 Å². The molecule has 2 aromatic carbocycles. The Bertz CT molecular complexity index is 822. The van der Waals surface area contributed by atoms with E-state index in [-0.39, 0.29) is 5.92 Å². The van der Waals surface area contributed by atoms with Crippen molar-refractivity contribution in [2.45, 2.75) is 32.0 Å². The molecule has 25 heavy (non-hydrogen) atoms. The van der Waals surface area contributed by atoms with E-state index in [1.807, 2.05) is 36.4 Å². The average Bonchev–Trinajstić information content (AvgIpc) is 3.06. The fraction of sp³-hybridized carbons (Fsp3) is 0.304. The summed E-state index contributed by atoms with van der Waals surface area (Å²) in [6.07, 6.45) is -0.100. The second-order valence-corrected chi connectivity index (χ2v) is 7.41. The van der Waals surface area contributed by atoms with Gasteiger partial charge in [-0.2, -0.15) is 0 Å². The highest BCUT2D eigenvalue weighted by Crippen LogP contribution is 2.65. The zero-order valence-corrected chi connectivity index (χ0v) is 14.5. The number of aliphatic hydroxyl groups excluding tert-OH is 2. The zero-order valence-electron chi connectivity index (χ0n) is 14.5. The maximum Gasteiger partial charge on any atom is 0.0842 e. The molecule has 128 valence electrons. The predicted molar refractivity (Wildman–Crippen MR) is 102 cm³/mol. The summed E-state index contributed by atoms with van der Waals surface area (Å²) in [6, 6.07) is 20.5. The minimum atomic E-state index is -0.711. The molecule has 0 spiro atoms. The molecule has 4 atom stereocenters. The number of allylic oxidation sites excluding steroid dienone is 3. The summed E-state index contributed by atoms with van der Waals surface area (Å²) in [5.74, 6) is -0.0228. The van der Waals surface area contributed by atoms with Gasteiger partial charge in [0.2, 0.25) is 0 Å². The van der Waals surface area contributed by atoms with E-state index < -0.39 is 17.6 Å². The summed E-state index contributed by atoms with van der Waals surface area (Å²) >= 11 is 0. The third kappa shape index (κ3) is 2.32. The molecule has 0 aromatic heterocycles. The normalized spacial score (nSPS) is 31.2. The van der Waals surface area contributed by atoms with E-state index in [9.17, 15) is 10.2 Å². The van der Waals surface area contributed by atoms with Gasteiger partial charge in [-0.05, 0) is 42.0 Å². The SMILES string of the molecule is C=C(c1ccccc1)[C@@]12CC(O)C(O)C1CC(C)=C2c1ccccc1. The molecule has 0 aliphatic heterocycles. The Balaban J connectivity index is 1.91. The number of benzene rings is 2. The second-order valence-electron chi connectivity index (χ2n) is 7.41. The quantitative estimate of drug-likeness (QED) is 0.879. The minimum absolute atomic E-state index is 0.0228. The van der Waals surface area contributed by atoms with Crippen molar-refractivity contribution in [2.24, 2.45) is 11.3 Å². The lowest BCUT2D eigenvalue weighted by atomic mass is 9.66. The Hall–Kier alpha value is -2.16.